The zero-order valence-electron chi connectivity index (χ0n) is 17.1. The summed E-state index contributed by atoms with van der Waals surface area (Å²) < 4.78 is 89.5. The van der Waals surface area contributed by atoms with Crippen LogP contribution >= 0.6 is 23.2 Å². The smallest absolute Gasteiger partial charge is 0.374 e. The van der Waals surface area contributed by atoms with Crippen LogP contribution in [0.15, 0.2) is 46.1 Å². The molecule has 2 aromatic carbocycles. The Hall–Kier alpha value is -2.79. The molecule has 0 bridgehead atoms. The van der Waals surface area contributed by atoms with Crippen molar-refractivity contribution in [1.82, 2.24) is 10.1 Å². The fourth-order valence-electron chi connectivity index (χ4n) is 3.55. The van der Waals surface area contributed by atoms with Crippen molar-refractivity contribution in [2.45, 2.75) is 31.0 Å². The molecule has 1 aromatic heterocycles. The minimum absolute atomic E-state index is 0.0622. The number of hydrogen-bond acceptors (Lipinski definition) is 5. The second kappa shape index (κ2) is 8.46. The van der Waals surface area contributed by atoms with Crippen LogP contribution in [0.2, 0.25) is 10.0 Å². The minimum Gasteiger partial charge on any atom is -0.374 e. The fourth-order valence-corrected chi connectivity index (χ4v) is 4.07. The van der Waals surface area contributed by atoms with Gasteiger partial charge in [0.2, 0.25) is 11.7 Å². The Labute approximate surface area is 198 Å². The van der Waals surface area contributed by atoms with Crippen molar-refractivity contribution in [3.8, 4) is 11.4 Å². The average Bonchev–Trinajstić information content (AvgIpc) is 3.40. The molecule has 1 aliphatic rings. The third-order valence-corrected chi connectivity index (χ3v) is 5.63. The lowest BCUT2D eigenvalue weighted by Crippen LogP contribution is -2.42. The van der Waals surface area contributed by atoms with E-state index in [9.17, 15) is 26.3 Å². The summed E-state index contributed by atoms with van der Waals surface area (Å²) in [5, 5.41) is 6.98. The predicted octanol–water partition coefficient (Wildman–Crippen LogP) is 7.00. The topological polar surface area (TPSA) is 60.5 Å². The zero-order valence-corrected chi connectivity index (χ0v) is 18.6. The Morgan fingerprint density at radius 1 is 1.03 bits per heavy atom. The van der Waals surface area contributed by atoms with Crippen molar-refractivity contribution in [1.29, 1.82) is 0 Å². The standard InChI is InChI=1S/C21H13Cl2F6N3O2/c1-10-30-18(32-33-10)15-3-2-11(4-16(15)20(25,26)9-24)17-8-19(34-31-17,21(27,28)29)12-5-13(22)7-14(23)6-12/h2-7H,8-9H2,1H3. The van der Waals surface area contributed by atoms with Gasteiger partial charge in [-0.3, -0.25) is 0 Å². The summed E-state index contributed by atoms with van der Waals surface area (Å²) in [4.78, 5) is 8.75. The molecule has 0 amide bonds. The highest BCUT2D eigenvalue weighted by Crippen LogP contribution is 2.50. The predicted molar refractivity (Wildman–Crippen MR) is 111 cm³/mol. The van der Waals surface area contributed by atoms with E-state index in [-0.39, 0.29) is 38.6 Å². The van der Waals surface area contributed by atoms with Crippen molar-refractivity contribution < 1.29 is 35.7 Å². The van der Waals surface area contributed by atoms with E-state index in [1.807, 2.05) is 0 Å². The van der Waals surface area contributed by atoms with E-state index in [4.69, 9.17) is 32.6 Å². The van der Waals surface area contributed by atoms with Crippen LogP contribution in [0.3, 0.4) is 0 Å². The molecule has 4 rings (SSSR count). The normalized spacial score (nSPS) is 18.7. The largest absolute Gasteiger partial charge is 0.435 e. The number of aromatic nitrogens is 2. The van der Waals surface area contributed by atoms with Gasteiger partial charge in [-0.1, -0.05) is 39.6 Å². The van der Waals surface area contributed by atoms with Crippen LogP contribution in [-0.2, 0) is 16.4 Å². The van der Waals surface area contributed by atoms with E-state index >= 15 is 0 Å². The molecule has 5 nitrogen and oxygen atoms in total. The van der Waals surface area contributed by atoms with Crippen molar-refractivity contribution >= 4 is 28.9 Å². The maximum atomic E-state index is 14.5. The molecule has 0 fully saturated rings. The lowest BCUT2D eigenvalue weighted by Gasteiger charge is -2.29. The molecule has 0 spiro atoms. The van der Waals surface area contributed by atoms with E-state index in [2.05, 4.69) is 15.3 Å². The SMILES string of the molecule is Cc1nc(-c2ccc(C3=NOC(c4cc(Cl)cc(Cl)c4)(C(F)(F)F)C3)cc2C(F)(F)CF)no1. The number of halogens is 8. The van der Waals surface area contributed by atoms with Gasteiger partial charge in [-0.15, -0.1) is 0 Å². The molecule has 0 radical (unpaired) electrons. The van der Waals surface area contributed by atoms with E-state index in [1.54, 1.807) is 0 Å². The lowest BCUT2D eigenvalue weighted by atomic mass is 9.85. The van der Waals surface area contributed by atoms with E-state index in [1.165, 1.54) is 19.1 Å². The van der Waals surface area contributed by atoms with Crippen LogP contribution in [0.1, 0.15) is 29.0 Å². The van der Waals surface area contributed by atoms with Gasteiger partial charge in [0.05, 0.1) is 5.71 Å². The summed E-state index contributed by atoms with van der Waals surface area (Å²) in [6, 6.07) is 6.51. The lowest BCUT2D eigenvalue weighted by molar-refractivity contribution is -0.275. The molecular weight excluding hydrogens is 511 g/mol. The number of rotatable bonds is 5. The number of oxime groups is 1. The second-order valence-electron chi connectivity index (χ2n) is 7.52. The van der Waals surface area contributed by atoms with Crippen molar-refractivity contribution in [2.75, 3.05) is 6.67 Å². The molecular formula is C21H13Cl2F6N3O2. The molecule has 1 aliphatic heterocycles. The molecule has 13 heteroatoms. The molecule has 0 saturated heterocycles. The van der Waals surface area contributed by atoms with Gasteiger partial charge < -0.3 is 9.36 Å². The summed E-state index contributed by atoms with van der Waals surface area (Å²) in [5.41, 5.74) is -4.88. The molecule has 0 N–H and O–H groups in total. The van der Waals surface area contributed by atoms with Gasteiger partial charge in [0.25, 0.3) is 5.60 Å². The Bertz CT molecular complexity index is 1260. The molecule has 0 aliphatic carbocycles. The maximum Gasteiger partial charge on any atom is 0.435 e. The van der Waals surface area contributed by atoms with E-state index < -0.39 is 41.9 Å². The summed E-state index contributed by atoms with van der Waals surface area (Å²) in [5.74, 6) is -4.13. The third kappa shape index (κ3) is 4.22. The van der Waals surface area contributed by atoms with Gasteiger partial charge >= 0.3 is 12.1 Å². The Balaban J connectivity index is 1.79. The van der Waals surface area contributed by atoms with Crippen LogP contribution in [0.4, 0.5) is 26.3 Å². The van der Waals surface area contributed by atoms with Crippen LogP contribution < -0.4 is 0 Å². The van der Waals surface area contributed by atoms with Crippen LogP contribution in [0.5, 0.6) is 0 Å². The molecule has 0 saturated carbocycles. The van der Waals surface area contributed by atoms with Gasteiger partial charge in [0, 0.05) is 45.6 Å². The van der Waals surface area contributed by atoms with Gasteiger partial charge in [-0.2, -0.15) is 26.9 Å². The first-order chi connectivity index (χ1) is 15.9. The first kappa shape index (κ1) is 24.3. The molecule has 180 valence electrons. The van der Waals surface area contributed by atoms with Crippen LogP contribution in [0.25, 0.3) is 11.4 Å². The summed E-state index contributed by atoms with van der Waals surface area (Å²) >= 11 is 11.8. The summed E-state index contributed by atoms with van der Waals surface area (Å²) in [7, 11) is 0. The molecule has 1 atom stereocenters. The quantitative estimate of drug-likeness (QED) is 0.338. The van der Waals surface area contributed by atoms with Crippen molar-refractivity contribution in [3.63, 3.8) is 0 Å². The highest BCUT2D eigenvalue weighted by atomic mass is 35.5. The first-order valence-corrected chi connectivity index (χ1v) is 10.3. The van der Waals surface area contributed by atoms with Crippen molar-refractivity contribution in [2.24, 2.45) is 5.16 Å². The monoisotopic (exact) mass is 523 g/mol. The number of benzene rings is 2. The average molecular weight is 524 g/mol. The van der Waals surface area contributed by atoms with Gasteiger partial charge in [0.1, 0.15) is 0 Å². The van der Waals surface area contributed by atoms with Gasteiger partial charge in [-0.05, 0) is 30.3 Å². The Kier molecular flexibility index (Phi) is 6.05. The molecule has 2 heterocycles. The highest BCUT2D eigenvalue weighted by Gasteiger charge is 2.62. The highest BCUT2D eigenvalue weighted by molar-refractivity contribution is 6.34. The first-order valence-electron chi connectivity index (χ1n) is 9.54. The number of alkyl halides is 6. The zero-order chi connectivity index (χ0) is 24.9. The van der Waals surface area contributed by atoms with E-state index in [0.29, 0.717) is 0 Å². The second-order valence-corrected chi connectivity index (χ2v) is 8.40. The van der Waals surface area contributed by atoms with Crippen LogP contribution in [0, 0.1) is 6.92 Å². The minimum atomic E-state index is -4.97. The van der Waals surface area contributed by atoms with Crippen molar-refractivity contribution in [3.05, 3.63) is 69.0 Å². The molecule has 34 heavy (non-hydrogen) atoms. The van der Waals surface area contributed by atoms with E-state index in [0.717, 1.165) is 24.3 Å². The number of aryl methyl sites for hydroxylation is 1. The number of hydrogen-bond donors (Lipinski definition) is 0. The Morgan fingerprint density at radius 2 is 1.71 bits per heavy atom. The summed E-state index contributed by atoms with van der Waals surface area (Å²) in [6.07, 6.45) is -5.84. The Morgan fingerprint density at radius 3 is 2.26 bits per heavy atom. The number of nitrogens with zero attached hydrogens (tertiary/aromatic N) is 3. The van der Waals surface area contributed by atoms with Gasteiger partial charge in [-0.25, -0.2) is 4.39 Å². The van der Waals surface area contributed by atoms with Crippen LogP contribution in [-0.4, -0.2) is 28.7 Å². The third-order valence-electron chi connectivity index (χ3n) is 5.20. The van der Waals surface area contributed by atoms with Gasteiger partial charge in [0.15, 0.2) is 6.67 Å². The maximum absolute atomic E-state index is 14.5. The fraction of sp³-hybridized carbons (Fsp3) is 0.286. The molecule has 1 unspecified atom stereocenters. The summed E-state index contributed by atoms with van der Waals surface area (Å²) in [6.45, 7) is -0.627. The molecule has 3 aromatic rings.